The van der Waals surface area contributed by atoms with Crippen LogP contribution in [-0.2, 0) is 0 Å². The largest absolute Gasteiger partial charge is 0.317 e. The zero-order valence-electron chi connectivity index (χ0n) is 5.50. The van der Waals surface area contributed by atoms with E-state index in [4.69, 9.17) is 0 Å². The number of rotatable bonds is 3. The SMILES string of the molecule is CCP(CC)C(F)(F)Br. The van der Waals surface area contributed by atoms with Crippen molar-refractivity contribution < 1.29 is 8.78 Å². The van der Waals surface area contributed by atoms with Crippen LogP contribution in [0.3, 0.4) is 0 Å². The van der Waals surface area contributed by atoms with Gasteiger partial charge in [0.15, 0.2) is 0 Å². The Morgan fingerprint density at radius 3 is 1.67 bits per heavy atom. The summed E-state index contributed by atoms with van der Waals surface area (Å²) in [5.41, 5.74) is 0. The van der Waals surface area contributed by atoms with E-state index in [0.29, 0.717) is 12.3 Å². The standard InChI is InChI=1S/C5H10BrF2P/c1-3-9(4-2)5(6,7)8/h3-4H2,1-2H3. The molecule has 56 valence electrons. The molecular formula is C5H10BrF2P. The van der Waals surface area contributed by atoms with Crippen LogP contribution in [0, 0.1) is 0 Å². The summed E-state index contributed by atoms with van der Waals surface area (Å²) in [4.78, 5) is 0. The van der Waals surface area contributed by atoms with Gasteiger partial charge in [-0.15, -0.1) is 0 Å². The topological polar surface area (TPSA) is 0 Å². The molecule has 0 aliphatic heterocycles. The van der Waals surface area contributed by atoms with Crippen LogP contribution in [0.4, 0.5) is 8.78 Å². The average molecular weight is 219 g/mol. The third-order valence-corrected chi connectivity index (χ3v) is 4.87. The van der Waals surface area contributed by atoms with Gasteiger partial charge in [0, 0.05) is 0 Å². The van der Waals surface area contributed by atoms with Crippen LogP contribution in [-0.4, -0.2) is 16.9 Å². The molecular weight excluding hydrogens is 209 g/mol. The van der Waals surface area contributed by atoms with Gasteiger partial charge in [0.25, 0.3) is 0 Å². The van der Waals surface area contributed by atoms with Crippen molar-refractivity contribution in [3.05, 3.63) is 0 Å². The minimum atomic E-state index is -2.61. The summed E-state index contributed by atoms with van der Waals surface area (Å²) < 4.78 is 22.1. The summed E-state index contributed by atoms with van der Waals surface area (Å²) in [6.07, 6.45) is 1.17. The molecule has 0 bridgehead atoms. The van der Waals surface area contributed by atoms with Gasteiger partial charge in [0.1, 0.15) is 0 Å². The van der Waals surface area contributed by atoms with E-state index in [1.165, 1.54) is 0 Å². The van der Waals surface area contributed by atoms with Crippen molar-refractivity contribution in [2.24, 2.45) is 0 Å². The number of halogens is 3. The van der Waals surface area contributed by atoms with Crippen LogP contribution in [0.5, 0.6) is 0 Å². The maximum atomic E-state index is 12.3. The number of hydrogen-bond acceptors (Lipinski definition) is 0. The summed E-state index contributed by atoms with van der Waals surface area (Å²) in [5.74, 6) is 0. The van der Waals surface area contributed by atoms with E-state index in [2.05, 4.69) is 15.9 Å². The zero-order chi connectivity index (χ0) is 7.49. The summed E-state index contributed by atoms with van der Waals surface area (Å²) in [5, 5.41) is 0. The molecule has 9 heavy (non-hydrogen) atoms. The highest BCUT2D eigenvalue weighted by atomic mass is 79.9. The fourth-order valence-corrected chi connectivity index (χ4v) is 3.25. The Hall–Kier alpha value is 0.770. The lowest BCUT2D eigenvalue weighted by Gasteiger charge is -2.18. The Kier molecular flexibility index (Phi) is 4.15. The zero-order valence-corrected chi connectivity index (χ0v) is 7.98. The number of alkyl halides is 3. The second-order valence-electron chi connectivity index (χ2n) is 1.64. The van der Waals surface area contributed by atoms with Crippen molar-refractivity contribution >= 4 is 23.9 Å². The van der Waals surface area contributed by atoms with Crippen LogP contribution in [0.15, 0.2) is 0 Å². The Morgan fingerprint density at radius 2 is 1.67 bits per heavy atom. The molecule has 0 rings (SSSR count). The van der Waals surface area contributed by atoms with Crippen LogP contribution in [0.1, 0.15) is 13.8 Å². The average Bonchev–Trinajstić information content (AvgIpc) is 1.65. The highest BCUT2D eigenvalue weighted by molar-refractivity contribution is 9.11. The predicted octanol–water partition coefficient (Wildman–Crippen LogP) is 3.45. The summed E-state index contributed by atoms with van der Waals surface area (Å²) in [6.45, 7) is 3.59. The first-order chi connectivity index (χ1) is 4.02. The molecule has 0 aromatic rings. The number of hydrogen-bond donors (Lipinski definition) is 0. The predicted molar refractivity (Wildman–Crippen MR) is 41.9 cm³/mol. The molecule has 0 fully saturated rings. The van der Waals surface area contributed by atoms with Crippen LogP contribution < -0.4 is 0 Å². The van der Waals surface area contributed by atoms with Crippen LogP contribution >= 0.6 is 23.9 Å². The van der Waals surface area contributed by atoms with Crippen molar-refractivity contribution in [3.8, 4) is 0 Å². The summed E-state index contributed by atoms with van der Waals surface area (Å²) >= 11 is 2.36. The molecule has 0 aliphatic rings. The third kappa shape index (κ3) is 3.47. The molecule has 0 nitrogen and oxygen atoms in total. The van der Waals surface area contributed by atoms with Gasteiger partial charge < -0.3 is 0 Å². The first-order valence-electron chi connectivity index (χ1n) is 2.84. The quantitative estimate of drug-likeness (QED) is 0.503. The van der Waals surface area contributed by atoms with Crippen LogP contribution in [0.25, 0.3) is 0 Å². The molecule has 0 saturated carbocycles. The van der Waals surface area contributed by atoms with Crippen molar-refractivity contribution in [2.45, 2.75) is 18.4 Å². The lowest BCUT2D eigenvalue weighted by atomic mass is 11.0. The van der Waals surface area contributed by atoms with Crippen molar-refractivity contribution in [2.75, 3.05) is 12.3 Å². The molecule has 0 saturated heterocycles. The fourth-order valence-electron chi connectivity index (χ4n) is 0.582. The Labute approximate surface area is 63.9 Å². The van der Waals surface area contributed by atoms with E-state index in [1.807, 2.05) is 0 Å². The minimum absolute atomic E-state index is 0.587. The highest BCUT2D eigenvalue weighted by Gasteiger charge is 2.32. The molecule has 0 heterocycles. The van der Waals surface area contributed by atoms with Gasteiger partial charge in [-0.1, -0.05) is 13.8 Å². The Morgan fingerprint density at radius 1 is 1.33 bits per heavy atom. The molecule has 0 N–H and O–H groups in total. The molecule has 0 amide bonds. The normalized spacial score (nSPS) is 12.7. The Balaban J connectivity index is 3.79. The van der Waals surface area contributed by atoms with Gasteiger partial charge in [-0.3, -0.25) is 0 Å². The van der Waals surface area contributed by atoms with Gasteiger partial charge in [-0.05, 0) is 36.2 Å². The monoisotopic (exact) mass is 218 g/mol. The molecule has 0 aromatic carbocycles. The van der Waals surface area contributed by atoms with Gasteiger partial charge in [0.2, 0.25) is 0 Å². The third-order valence-electron chi connectivity index (χ3n) is 1.12. The highest BCUT2D eigenvalue weighted by Crippen LogP contribution is 2.55. The smallest absolute Gasteiger partial charge is 0.189 e. The lowest BCUT2D eigenvalue weighted by Crippen LogP contribution is -2.04. The second-order valence-corrected chi connectivity index (χ2v) is 6.16. The lowest BCUT2D eigenvalue weighted by molar-refractivity contribution is 0.213. The maximum Gasteiger partial charge on any atom is 0.317 e. The van der Waals surface area contributed by atoms with Gasteiger partial charge in [-0.2, -0.15) is 8.78 Å². The fraction of sp³-hybridized carbons (Fsp3) is 1.00. The molecule has 0 atom stereocenters. The van der Waals surface area contributed by atoms with E-state index in [-0.39, 0.29) is 0 Å². The van der Waals surface area contributed by atoms with E-state index in [9.17, 15) is 8.78 Å². The van der Waals surface area contributed by atoms with E-state index in [0.717, 1.165) is 0 Å². The summed E-state index contributed by atoms with van der Waals surface area (Å²) in [6, 6.07) is 0. The van der Waals surface area contributed by atoms with Crippen molar-refractivity contribution in [1.29, 1.82) is 0 Å². The Bertz CT molecular complexity index is 77.5. The second kappa shape index (κ2) is 3.82. The van der Waals surface area contributed by atoms with E-state index >= 15 is 0 Å². The van der Waals surface area contributed by atoms with Crippen LogP contribution in [0.2, 0.25) is 0 Å². The van der Waals surface area contributed by atoms with Crippen molar-refractivity contribution in [1.82, 2.24) is 0 Å². The van der Waals surface area contributed by atoms with Gasteiger partial charge in [0.05, 0.1) is 0 Å². The molecule has 0 radical (unpaired) electrons. The van der Waals surface area contributed by atoms with Crippen molar-refractivity contribution in [3.63, 3.8) is 0 Å². The minimum Gasteiger partial charge on any atom is -0.189 e. The molecule has 0 aromatic heterocycles. The molecule has 0 unspecified atom stereocenters. The first-order valence-corrected chi connectivity index (χ1v) is 5.34. The van der Waals surface area contributed by atoms with Gasteiger partial charge >= 0.3 is 4.57 Å². The molecule has 4 heteroatoms. The maximum absolute atomic E-state index is 12.3. The molecule has 0 aliphatic carbocycles. The summed E-state index contributed by atoms with van der Waals surface area (Å²) in [7, 11) is -1.11. The van der Waals surface area contributed by atoms with E-state index < -0.39 is 12.5 Å². The first kappa shape index (κ1) is 9.77. The van der Waals surface area contributed by atoms with Gasteiger partial charge in [-0.25, -0.2) is 0 Å². The molecule has 0 spiro atoms. The van der Waals surface area contributed by atoms with E-state index in [1.54, 1.807) is 13.8 Å².